The van der Waals surface area contributed by atoms with E-state index in [0.29, 0.717) is 5.11 Å². The maximum Gasteiger partial charge on any atom is 0.174 e. The van der Waals surface area contributed by atoms with Crippen LogP contribution in [0.2, 0.25) is 0 Å². The smallest absolute Gasteiger partial charge is 0.174 e. The van der Waals surface area contributed by atoms with Gasteiger partial charge in [0.25, 0.3) is 0 Å². The molecule has 7 heteroatoms. The number of thiophene rings is 1. The molecule has 2 atom stereocenters. The summed E-state index contributed by atoms with van der Waals surface area (Å²) in [6, 6.07) is 14.2. The Bertz CT molecular complexity index is 898. The van der Waals surface area contributed by atoms with Gasteiger partial charge in [-0.3, -0.25) is 4.98 Å². The minimum atomic E-state index is -0.265. The van der Waals surface area contributed by atoms with E-state index in [1.54, 1.807) is 29.7 Å². The van der Waals surface area contributed by atoms with Crippen molar-refractivity contribution in [1.82, 2.24) is 10.3 Å². The van der Waals surface area contributed by atoms with Crippen LogP contribution in [0.5, 0.6) is 0 Å². The molecule has 0 radical (unpaired) electrons. The quantitative estimate of drug-likeness (QED) is 0.572. The lowest BCUT2D eigenvalue weighted by Gasteiger charge is -2.26. The van der Waals surface area contributed by atoms with Gasteiger partial charge in [-0.1, -0.05) is 6.07 Å². The maximum atomic E-state index is 13.4. The fourth-order valence-corrected chi connectivity index (χ4v) is 4.92. The van der Waals surface area contributed by atoms with E-state index in [9.17, 15) is 4.39 Å². The molecule has 3 nitrogen and oxygen atoms in total. The van der Waals surface area contributed by atoms with Crippen molar-refractivity contribution >= 4 is 50.3 Å². The average molecular weight is 434 g/mol. The lowest BCUT2D eigenvalue weighted by Crippen LogP contribution is -2.29. The molecule has 1 saturated heterocycles. The van der Waals surface area contributed by atoms with E-state index < -0.39 is 0 Å². The zero-order valence-corrected chi connectivity index (χ0v) is 16.1. The fraction of sp³-hybridized carbons (Fsp3) is 0.111. The Morgan fingerprint density at radius 2 is 2.00 bits per heavy atom. The summed E-state index contributed by atoms with van der Waals surface area (Å²) in [5, 5.41) is 6.04. The van der Waals surface area contributed by atoms with Crippen LogP contribution in [0.1, 0.15) is 22.7 Å². The van der Waals surface area contributed by atoms with Gasteiger partial charge >= 0.3 is 0 Å². The number of hydrogen-bond donors (Lipinski definition) is 1. The molecule has 3 heterocycles. The first-order valence-corrected chi connectivity index (χ1v) is 9.72. The number of nitrogens with one attached hydrogen (secondary N) is 1. The summed E-state index contributed by atoms with van der Waals surface area (Å²) < 4.78 is 14.4. The Morgan fingerprint density at radius 3 is 2.64 bits per heavy atom. The molecule has 0 spiro atoms. The van der Waals surface area contributed by atoms with Gasteiger partial charge in [0.2, 0.25) is 0 Å². The molecule has 0 unspecified atom stereocenters. The van der Waals surface area contributed by atoms with Crippen LogP contribution in [-0.4, -0.2) is 10.1 Å². The highest BCUT2D eigenvalue weighted by Gasteiger charge is 2.41. The summed E-state index contributed by atoms with van der Waals surface area (Å²) in [7, 11) is 0. The molecule has 1 aliphatic rings. The summed E-state index contributed by atoms with van der Waals surface area (Å²) in [6.07, 6.45) is 1.78. The van der Waals surface area contributed by atoms with Crippen LogP contribution in [-0.2, 0) is 0 Å². The highest BCUT2D eigenvalue weighted by molar-refractivity contribution is 9.10. The minimum absolute atomic E-state index is 0.0517. The lowest BCUT2D eigenvalue weighted by atomic mass is 10.0. The van der Waals surface area contributed by atoms with E-state index in [1.165, 1.54) is 12.1 Å². The summed E-state index contributed by atoms with van der Waals surface area (Å²) >= 11 is 10.8. The molecule has 25 heavy (non-hydrogen) atoms. The standard InChI is InChI=1S/C18H13BrFN3S2/c19-11-9-15(25-10-11)17-16(14-3-1-2-8-21-14)22-18(24)23(17)13-6-4-12(20)5-7-13/h1-10,16-17H,(H,22,24)/t16-,17-/m1/s1. The third-order valence-corrected chi connectivity index (χ3v) is 6.16. The van der Waals surface area contributed by atoms with Crippen molar-refractivity contribution < 1.29 is 4.39 Å². The molecule has 0 aliphatic carbocycles. The number of pyridine rings is 1. The van der Waals surface area contributed by atoms with E-state index >= 15 is 0 Å². The third-order valence-electron chi connectivity index (χ3n) is 4.08. The lowest BCUT2D eigenvalue weighted by molar-refractivity contribution is 0.574. The Kier molecular flexibility index (Phi) is 4.54. The zero-order chi connectivity index (χ0) is 17.4. The summed E-state index contributed by atoms with van der Waals surface area (Å²) in [6.45, 7) is 0. The van der Waals surface area contributed by atoms with Crippen molar-refractivity contribution in [2.45, 2.75) is 12.1 Å². The summed E-state index contributed by atoms with van der Waals surface area (Å²) in [5.74, 6) is -0.265. The molecule has 4 rings (SSSR count). The van der Waals surface area contributed by atoms with Crippen LogP contribution in [0.3, 0.4) is 0 Å². The van der Waals surface area contributed by atoms with Crippen molar-refractivity contribution in [2.75, 3.05) is 4.90 Å². The largest absolute Gasteiger partial charge is 0.351 e. The third kappa shape index (κ3) is 3.19. The van der Waals surface area contributed by atoms with Crippen LogP contribution in [0.15, 0.2) is 64.6 Å². The van der Waals surface area contributed by atoms with Crippen LogP contribution in [0.4, 0.5) is 10.1 Å². The van der Waals surface area contributed by atoms with E-state index in [-0.39, 0.29) is 17.9 Å². The zero-order valence-electron chi connectivity index (χ0n) is 12.9. The topological polar surface area (TPSA) is 28.2 Å². The van der Waals surface area contributed by atoms with Gasteiger partial charge in [0.1, 0.15) is 5.82 Å². The normalized spacial score (nSPS) is 19.9. The number of aromatic nitrogens is 1. The van der Waals surface area contributed by atoms with Gasteiger partial charge in [-0.2, -0.15) is 0 Å². The number of rotatable bonds is 3. The van der Waals surface area contributed by atoms with Crippen LogP contribution >= 0.6 is 39.5 Å². The second kappa shape index (κ2) is 6.82. The highest BCUT2D eigenvalue weighted by Crippen LogP contribution is 2.43. The van der Waals surface area contributed by atoms with Crippen molar-refractivity contribution in [1.29, 1.82) is 0 Å². The molecule has 2 aromatic heterocycles. The number of nitrogens with zero attached hydrogens (tertiary/aromatic N) is 2. The number of thiocarbonyl (C=S) groups is 1. The molecule has 0 bridgehead atoms. The Labute approximate surface area is 162 Å². The molecule has 1 N–H and O–H groups in total. The van der Waals surface area contributed by atoms with Crippen molar-refractivity contribution in [2.24, 2.45) is 0 Å². The second-order valence-electron chi connectivity index (χ2n) is 5.64. The van der Waals surface area contributed by atoms with Crippen LogP contribution in [0.25, 0.3) is 0 Å². The van der Waals surface area contributed by atoms with Gasteiger partial charge in [0.15, 0.2) is 5.11 Å². The van der Waals surface area contributed by atoms with Crippen molar-refractivity contribution in [3.05, 3.63) is 81.0 Å². The molecule has 1 aliphatic heterocycles. The first-order chi connectivity index (χ1) is 12.1. The molecule has 0 amide bonds. The molecule has 3 aromatic rings. The predicted octanol–water partition coefficient (Wildman–Crippen LogP) is 5.22. The molecule has 1 fully saturated rings. The number of hydrogen-bond acceptors (Lipinski definition) is 3. The fourth-order valence-electron chi connectivity index (χ4n) is 3.01. The van der Waals surface area contributed by atoms with E-state index in [0.717, 1.165) is 20.7 Å². The van der Waals surface area contributed by atoms with Crippen molar-refractivity contribution in [3.63, 3.8) is 0 Å². The van der Waals surface area contributed by atoms with Gasteiger partial charge in [-0.15, -0.1) is 11.3 Å². The van der Waals surface area contributed by atoms with Crippen molar-refractivity contribution in [3.8, 4) is 0 Å². The Morgan fingerprint density at radius 1 is 1.20 bits per heavy atom. The first kappa shape index (κ1) is 16.6. The first-order valence-electron chi connectivity index (χ1n) is 7.63. The van der Waals surface area contributed by atoms with Gasteiger partial charge < -0.3 is 10.2 Å². The van der Waals surface area contributed by atoms with Gasteiger partial charge in [-0.25, -0.2) is 4.39 Å². The number of halogens is 2. The Balaban J connectivity index is 1.81. The van der Waals surface area contributed by atoms with Gasteiger partial charge in [0.05, 0.1) is 17.8 Å². The summed E-state index contributed by atoms with van der Waals surface area (Å²) in [4.78, 5) is 7.69. The highest BCUT2D eigenvalue weighted by atomic mass is 79.9. The molecule has 0 saturated carbocycles. The molecular weight excluding hydrogens is 421 g/mol. The van der Waals surface area contributed by atoms with E-state index in [4.69, 9.17) is 12.2 Å². The number of benzene rings is 1. The van der Waals surface area contributed by atoms with Gasteiger partial charge in [-0.05, 0) is 70.6 Å². The van der Waals surface area contributed by atoms with Crippen LogP contribution in [0, 0.1) is 5.82 Å². The summed E-state index contributed by atoms with van der Waals surface area (Å²) in [5.41, 5.74) is 1.77. The second-order valence-corrected chi connectivity index (χ2v) is 7.89. The van der Waals surface area contributed by atoms with E-state index in [2.05, 4.69) is 37.7 Å². The Hall–Kier alpha value is -1.83. The maximum absolute atomic E-state index is 13.4. The van der Waals surface area contributed by atoms with E-state index in [1.807, 2.05) is 23.1 Å². The minimum Gasteiger partial charge on any atom is -0.351 e. The monoisotopic (exact) mass is 433 g/mol. The SMILES string of the molecule is Fc1ccc(N2C(=S)N[C@H](c3ccccn3)[C@H]2c2cc(Br)cs2)cc1. The molecule has 1 aromatic carbocycles. The predicted molar refractivity (Wildman–Crippen MR) is 106 cm³/mol. The van der Waals surface area contributed by atoms with Crippen LogP contribution < -0.4 is 10.2 Å². The molecular formula is C18H13BrFN3S2. The average Bonchev–Trinajstić information content (AvgIpc) is 3.20. The van der Waals surface area contributed by atoms with Gasteiger partial charge in [0, 0.05) is 26.6 Å². The number of anilines is 1. The molecule has 126 valence electrons.